The summed E-state index contributed by atoms with van der Waals surface area (Å²) in [5.74, 6) is 6.81. The maximum Gasteiger partial charge on any atom is 0.145 e. The molecule has 0 aromatic rings. The van der Waals surface area contributed by atoms with Crippen molar-refractivity contribution in [1.82, 2.24) is 0 Å². The lowest BCUT2D eigenvalue weighted by Crippen LogP contribution is -2.43. The highest BCUT2D eigenvalue weighted by atomic mass is 28.3. The normalized spacial score (nSPS) is 12.2. The molecule has 2 heteroatoms. The molecule has 0 aliphatic heterocycles. The van der Waals surface area contributed by atoms with E-state index in [1.807, 2.05) is 0 Å². The zero-order valence-electron chi connectivity index (χ0n) is 15.1. The Morgan fingerprint density at radius 2 is 1.00 bits per heavy atom. The molecule has 0 nitrogen and oxygen atoms in total. The van der Waals surface area contributed by atoms with E-state index >= 15 is 0 Å². The quantitative estimate of drug-likeness (QED) is 0.346. The van der Waals surface area contributed by atoms with Gasteiger partial charge in [-0.1, -0.05) is 61.2 Å². The maximum atomic E-state index is 3.76. The van der Waals surface area contributed by atoms with E-state index in [2.05, 4.69) is 84.1 Å². The van der Waals surface area contributed by atoms with Gasteiger partial charge in [0.05, 0.1) is 0 Å². The van der Waals surface area contributed by atoms with E-state index < -0.39 is 16.1 Å². The Morgan fingerprint density at radius 1 is 0.650 bits per heavy atom. The fourth-order valence-corrected chi connectivity index (χ4v) is 9.05. The first-order valence-corrected chi connectivity index (χ1v) is 13.8. The van der Waals surface area contributed by atoms with Gasteiger partial charge in [0.25, 0.3) is 0 Å². The topological polar surface area (TPSA) is 0 Å². The maximum absolute atomic E-state index is 3.76. The van der Waals surface area contributed by atoms with Crippen molar-refractivity contribution < 1.29 is 0 Å². The lowest BCUT2D eigenvalue weighted by molar-refractivity contribution is 0.838. The van der Waals surface area contributed by atoms with Gasteiger partial charge in [0, 0.05) is 12.8 Å². The van der Waals surface area contributed by atoms with Crippen molar-refractivity contribution in [2.75, 3.05) is 0 Å². The molecule has 0 saturated carbocycles. The lowest BCUT2D eigenvalue weighted by atomic mass is 10.3. The van der Waals surface area contributed by atoms with Gasteiger partial charge in [-0.3, -0.25) is 0 Å². The molecule has 0 unspecified atom stereocenters. The van der Waals surface area contributed by atoms with Crippen molar-refractivity contribution in [3.8, 4) is 22.9 Å². The molecule has 0 aromatic heterocycles. The average molecular weight is 307 g/mol. The molecule has 114 valence electrons. The Bertz CT molecular complexity index is 381. The molecule has 0 aliphatic carbocycles. The second-order valence-corrected chi connectivity index (χ2v) is 18.1. The van der Waals surface area contributed by atoms with Gasteiger partial charge >= 0.3 is 0 Å². The zero-order chi connectivity index (χ0) is 16.0. The summed E-state index contributed by atoms with van der Waals surface area (Å²) in [5, 5.41) is 0. The van der Waals surface area contributed by atoms with Gasteiger partial charge in [-0.05, 0) is 16.6 Å². The fourth-order valence-electron chi connectivity index (χ4n) is 3.10. The van der Waals surface area contributed by atoms with Crippen LogP contribution in [0.15, 0.2) is 0 Å². The average Bonchev–Trinajstić information content (AvgIpc) is 2.24. The standard InChI is InChI=1S/C18H34Si2/c1-16(2)20(17(3)4,18(5)6)15-13-11-10-12-14-19(7,8)9/h16-18H,10-11H2,1-9H3. The molecular weight excluding hydrogens is 272 g/mol. The van der Waals surface area contributed by atoms with Crippen molar-refractivity contribution in [3.63, 3.8) is 0 Å². The van der Waals surface area contributed by atoms with Crippen LogP contribution in [-0.4, -0.2) is 16.1 Å². The van der Waals surface area contributed by atoms with Gasteiger partial charge in [0.15, 0.2) is 0 Å². The number of unbranched alkanes of at least 4 members (excludes halogenated alkanes) is 1. The van der Waals surface area contributed by atoms with Crippen LogP contribution in [0.4, 0.5) is 0 Å². The Labute approximate surface area is 130 Å². The second kappa shape index (κ2) is 8.11. The van der Waals surface area contributed by atoms with Crippen LogP contribution < -0.4 is 0 Å². The first-order valence-electron chi connectivity index (χ1n) is 8.04. The van der Waals surface area contributed by atoms with Gasteiger partial charge in [0.1, 0.15) is 16.1 Å². The van der Waals surface area contributed by atoms with Crippen molar-refractivity contribution in [1.29, 1.82) is 0 Å². The first-order chi connectivity index (χ1) is 9.04. The van der Waals surface area contributed by atoms with Gasteiger partial charge < -0.3 is 0 Å². The van der Waals surface area contributed by atoms with E-state index in [1.165, 1.54) is 0 Å². The molecule has 0 fully saturated rings. The number of hydrogen-bond donors (Lipinski definition) is 0. The van der Waals surface area contributed by atoms with E-state index in [9.17, 15) is 0 Å². The van der Waals surface area contributed by atoms with Crippen LogP contribution in [-0.2, 0) is 0 Å². The summed E-state index contributed by atoms with van der Waals surface area (Å²) in [6.45, 7) is 21.1. The summed E-state index contributed by atoms with van der Waals surface area (Å²) in [5.41, 5.74) is 9.36. The largest absolute Gasteiger partial charge is 0.145 e. The highest BCUT2D eigenvalue weighted by Crippen LogP contribution is 2.40. The molecule has 0 rings (SSSR count). The first kappa shape index (κ1) is 19.6. The molecule has 0 N–H and O–H groups in total. The minimum Gasteiger partial charge on any atom is -0.132 e. The van der Waals surface area contributed by atoms with E-state index in [-0.39, 0.29) is 0 Å². The molecule has 0 bridgehead atoms. The Kier molecular flexibility index (Phi) is 7.93. The lowest BCUT2D eigenvalue weighted by Gasteiger charge is -2.38. The third kappa shape index (κ3) is 5.90. The van der Waals surface area contributed by atoms with Crippen LogP contribution in [0, 0.1) is 22.9 Å². The molecule has 0 atom stereocenters. The highest BCUT2D eigenvalue weighted by molar-refractivity contribution is 6.90. The summed E-state index contributed by atoms with van der Waals surface area (Å²) in [6.07, 6.45) is 1.88. The van der Waals surface area contributed by atoms with Crippen molar-refractivity contribution in [2.24, 2.45) is 0 Å². The van der Waals surface area contributed by atoms with Gasteiger partial charge in [-0.25, -0.2) is 0 Å². The molecule has 20 heavy (non-hydrogen) atoms. The number of hydrogen-bond acceptors (Lipinski definition) is 0. The molecule has 0 aromatic carbocycles. The molecule has 0 radical (unpaired) electrons. The predicted octanol–water partition coefficient (Wildman–Crippen LogP) is 5.87. The molecule has 0 aliphatic rings. The summed E-state index contributed by atoms with van der Waals surface area (Å²) in [7, 11) is -2.73. The van der Waals surface area contributed by atoms with E-state index in [4.69, 9.17) is 0 Å². The Hall–Kier alpha value is -0.446. The van der Waals surface area contributed by atoms with Crippen molar-refractivity contribution in [3.05, 3.63) is 0 Å². The third-order valence-electron chi connectivity index (χ3n) is 4.01. The minimum atomic E-state index is -1.53. The molecule has 0 amide bonds. The Morgan fingerprint density at radius 3 is 1.30 bits per heavy atom. The SMILES string of the molecule is CC(C)[Si](C#CCCC#C[Si](C)(C)C)(C(C)C)C(C)C. The predicted molar refractivity (Wildman–Crippen MR) is 99.2 cm³/mol. The van der Waals surface area contributed by atoms with Gasteiger partial charge in [-0.15, -0.1) is 22.9 Å². The van der Waals surface area contributed by atoms with Crippen LogP contribution in [0.1, 0.15) is 54.4 Å². The number of rotatable bonds is 4. The molecular formula is C18H34Si2. The minimum absolute atomic E-state index is 0.725. The van der Waals surface area contributed by atoms with Crippen LogP contribution in [0.5, 0.6) is 0 Å². The highest BCUT2D eigenvalue weighted by Gasteiger charge is 2.41. The summed E-state index contributed by atoms with van der Waals surface area (Å²) < 4.78 is 0. The van der Waals surface area contributed by atoms with Crippen molar-refractivity contribution >= 4 is 16.1 Å². The fraction of sp³-hybridized carbons (Fsp3) is 0.778. The Balaban J connectivity index is 4.87. The van der Waals surface area contributed by atoms with E-state index in [1.54, 1.807) is 0 Å². The second-order valence-electron chi connectivity index (χ2n) is 7.75. The van der Waals surface area contributed by atoms with Gasteiger partial charge in [0.2, 0.25) is 0 Å². The molecule has 0 heterocycles. The van der Waals surface area contributed by atoms with Crippen LogP contribution in [0.25, 0.3) is 0 Å². The van der Waals surface area contributed by atoms with Crippen LogP contribution >= 0.6 is 0 Å². The summed E-state index contributed by atoms with van der Waals surface area (Å²) in [4.78, 5) is 0. The smallest absolute Gasteiger partial charge is 0.132 e. The van der Waals surface area contributed by atoms with Crippen molar-refractivity contribution in [2.45, 2.75) is 90.6 Å². The van der Waals surface area contributed by atoms with Crippen LogP contribution in [0.3, 0.4) is 0 Å². The van der Waals surface area contributed by atoms with Gasteiger partial charge in [-0.2, -0.15) is 0 Å². The molecule has 0 spiro atoms. The molecule has 0 saturated heterocycles. The van der Waals surface area contributed by atoms with E-state index in [0.717, 1.165) is 29.5 Å². The zero-order valence-corrected chi connectivity index (χ0v) is 17.1. The van der Waals surface area contributed by atoms with Crippen LogP contribution in [0.2, 0.25) is 36.3 Å². The summed E-state index contributed by atoms with van der Waals surface area (Å²) in [6, 6.07) is 0. The van der Waals surface area contributed by atoms with E-state index in [0.29, 0.717) is 0 Å². The summed E-state index contributed by atoms with van der Waals surface area (Å²) >= 11 is 0. The third-order valence-corrected chi connectivity index (χ3v) is 11.3. The monoisotopic (exact) mass is 306 g/mol.